The zero-order valence-electron chi connectivity index (χ0n) is 3.87. The van der Waals surface area contributed by atoms with Crippen molar-refractivity contribution in [3.8, 4) is 0 Å². The van der Waals surface area contributed by atoms with Crippen LogP contribution in [0, 0.1) is 0 Å². The van der Waals surface area contributed by atoms with Crippen LogP contribution in [0.3, 0.4) is 0 Å². The second-order valence-corrected chi connectivity index (χ2v) is 1.79. The maximum absolute atomic E-state index is 9.70. The number of nitrogens with one attached hydrogen (secondary N) is 1. The van der Waals surface area contributed by atoms with E-state index in [2.05, 4.69) is 14.7 Å². The van der Waals surface area contributed by atoms with Crippen molar-refractivity contribution in [1.29, 1.82) is 0 Å². The van der Waals surface area contributed by atoms with E-state index < -0.39 is 0 Å². The Morgan fingerprint density at radius 1 is 1.88 bits per heavy atom. The zero-order valence-corrected chi connectivity index (χ0v) is 4.68. The molecular formula is C3H3N3OS. The minimum absolute atomic E-state index is 0.528. The zero-order chi connectivity index (χ0) is 5.82. The van der Waals surface area contributed by atoms with Crippen molar-refractivity contribution in [1.82, 2.24) is 9.36 Å². The first-order chi connectivity index (χ1) is 3.93. The highest BCUT2D eigenvalue weighted by Crippen LogP contribution is 2.03. The fraction of sp³-hybridized carbons (Fsp3) is 0. The lowest BCUT2D eigenvalue weighted by Crippen LogP contribution is -1.90. The lowest BCUT2D eigenvalue weighted by molar-refractivity contribution is -0.105. The lowest BCUT2D eigenvalue weighted by Gasteiger charge is -1.81. The van der Waals surface area contributed by atoms with Crippen molar-refractivity contribution in [2.75, 3.05) is 5.32 Å². The average molecular weight is 129 g/mol. The van der Waals surface area contributed by atoms with Crippen molar-refractivity contribution in [2.24, 2.45) is 0 Å². The Balaban J connectivity index is 2.62. The molecule has 0 fully saturated rings. The van der Waals surface area contributed by atoms with Crippen LogP contribution >= 0.6 is 11.5 Å². The van der Waals surface area contributed by atoms with E-state index in [-0.39, 0.29) is 0 Å². The van der Waals surface area contributed by atoms with E-state index in [1.165, 1.54) is 6.33 Å². The van der Waals surface area contributed by atoms with Crippen LogP contribution in [0.5, 0.6) is 0 Å². The van der Waals surface area contributed by atoms with Crippen LogP contribution in [-0.4, -0.2) is 15.8 Å². The van der Waals surface area contributed by atoms with Crippen molar-refractivity contribution in [3.63, 3.8) is 0 Å². The highest BCUT2D eigenvalue weighted by molar-refractivity contribution is 7.09. The molecule has 8 heavy (non-hydrogen) atoms. The largest absolute Gasteiger partial charge is 0.303 e. The summed E-state index contributed by atoms with van der Waals surface area (Å²) in [7, 11) is 0. The number of amides is 1. The molecule has 1 aromatic heterocycles. The molecule has 0 saturated carbocycles. The van der Waals surface area contributed by atoms with Crippen molar-refractivity contribution in [3.05, 3.63) is 6.33 Å². The van der Waals surface area contributed by atoms with E-state index in [4.69, 9.17) is 0 Å². The average Bonchev–Trinajstić information content (AvgIpc) is 2.19. The number of rotatable bonds is 2. The standard InChI is InChI=1S/C3H3N3OS/c7-2-5-3-4-1-6-8-3/h1-2H,(H,4,5,6,7). The van der Waals surface area contributed by atoms with E-state index in [1.807, 2.05) is 0 Å². The topological polar surface area (TPSA) is 54.9 Å². The Hall–Kier alpha value is -0.970. The molecule has 0 aliphatic carbocycles. The summed E-state index contributed by atoms with van der Waals surface area (Å²) in [6.45, 7) is 0. The molecule has 0 atom stereocenters. The number of anilines is 1. The molecule has 1 rings (SSSR count). The summed E-state index contributed by atoms with van der Waals surface area (Å²) in [4.78, 5) is 13.4. The number of hydrogen-bond donors (Lipinski definition) is 1. The molecule has 0 saturated heterocycles. The highest BCUT2D eigenvalue weighted by Gasteiger charge is 1.88. The summed E-state index contributed by atoms with van der Waals surface area (Å²) in [5.74, 6) is 0. The molecule has 1 amide bonds. The normalized spacial score (nSPS) is 8.50. The number of nitrogens with zero attached hydrogens (tertiary/aromatic N) is 2. The van der Waals surface area contributed by atoms with E-state index in [0.717, 1.165) is 11.5 Å². The molecule has 1 heterocycles. The number of carbonyl (C=O) groups excluding carboxylic acids is 1. The minimum atomic E-state index is 0.528. The van der Waals surface area contributed by atoms with Gasteiger partial charge in [0.15, 0.2) is 0 Å². The Bertz CT molecular complexity index is 161. The Labute approximate surface area is 49.7 Å². The number of aromatic nitrogens is 2. The van der Waals surface area contributed by atoms with E-state index >= 15 is 0 Å². The molecule has 0 spiro atoms. The summed E-state index contributed by atoms with van der Waals surface area (Å²) in [6.07, 6.45) is 1.96. The van der Waals surface area contributed by atoms with Crippen molar-refractivity contribution < 1.29 is 4.79 Å². The van der Waals surface area contributed by atoms with E-state index in [9.17, 15) is 4.79 Å². The summed E-state index contributed by atoms with van der Waals surface area (Å²) in [5.41, 5.74) is 0. The van der Waals surface area contributed by atoms with Crippen LogP contribution in [0.4, 0.5) is 5.13 Å². The molecular weight excluding hydrogens is 126 g/mol. The van der Waals surface area contributed by atoms with E-state index in [0.29, 0.717) is 11.5 Å². The minimum Gasteiger partial charge on any atom is -0.303 e. The van der Waals surface area contributed by atoms with Crippen LogP contribution in [0.1, 0.15) is 0 Å². The molecule has 1 N–H and O–H groups in total. The summed E-state index contributed by atoms with van der Waals surface area (Å²) in [5, 5.41) is 2.88. The Kier molecular flexibility index (Phi) is 1.53. The molecule has 0 aliphatic rings. The summed E-state index contributed by atoms with van der Waals surface area (Å²) < 4.78 is 3.65. The fourth-order valence-corrected chi connectivity index (χ4v) is 0.676. The quantitative estimate of drug-likeness (QED) is 0.576. The SMILES string of the molecule is O=CNc1ncns1. The van der Waals surface area contributed by atoms with Gasteiger partial charge >= 0.3 is 0 Å². The third-order valence-electron chi connectivity index (χ3n) is 0.544. The van der Waals surface area contributed by atoms with Crippen molar-refractivity contribution in [2.45, 2.75) is 0 Å². The molecule has 4 nitrogen and oxygen atoms in total. The van der Waals surface area contributed by atoms with Crippen LogP contribution in [0.2, 0.25) is 0 Å². The van der Waals surface area contributed by atoms with Gasteiger partial charge < -0.3 is 5.32 Å². The predicted octanol–water partition coefficient (Wildman–Crippen LogP) is 0.106. The lowest BCUT2D eigenvalue weighted by atomic mass is 11.1. The predicted molar refractivity (Wildman–Crippen MR) is 29.6 cm³/mol. The van der Waals surface area contributed by atoms with Gasteiger partial charge in [-0.25, -0.2) is 4.98 Å². The number of carbonyl (C=O) groups is 1. The van der Waals surface area contributed by atoms with Gasteiger partial charge in [0, 0.05) is 11.5 Å². The molecule has 1 aromatic rings. The van der Waals surface area contributed by atoms with Crippen LogP contribution in [-0.2, 0) is 4.79 Å². The molecule has 0 aromatic carbocycles. The number of hydrogen-bond acceptors (Lipinski definition) is 4. The highest BCUT2D eigenvalue weighted by atomic mass is 32.1. The molecule has 0 unspecified atom stereocenters. The van der Waals surface area contributed by atoms with Gasteiger partial charge in [-0.1, -0.05) is 0 Å². The first-order valence-electron chi connectivity index (χ1n) is 1.90. The van der Waals surface area contributed by atoms with Crippen LogP contribution in [0.25, 0.3) is 0 Å². The van der Waals surface area contributed by atoms with Gasteiger partial charge in [-0.2, -0.15) is 4.37 Å². The summed E-state index contributed by atoms with van der Waals surface area (Å²) >= 11 is 1.14. The maximum atomic E-state index is 9.70. The maximum Gasteiger partial charge on any atom is 0.213 e. The summed E-state index contributed by atoms with van der Waals surface area (Å²) in [6, 6.07) is 0. The van der Waals surface area contributed by atoms with Crippen LogP contribution in [0.15, 0.2) is 6.33 Å². The smallest absolute Gasteiger partial charge is 0.213 e. The second kappa shape index (κ2) is 2.37. The van der Waals surface area contributed by atoms with Gasteiger partial charge in [0.05, 0.1) is 0 Å². The first-order valence-corrected chi connectivity index (χ1v) is 2.67. The molecule has 0 radical (unpaired) electrons. The van der Waals surface area contributed by atoms with Gasteiger partial charge in [-0.3, -0.25) is 4.79 Å². The monoisotopic (exact) mass is 129 g/mol. The molecule has 0 bridgehead atoms. The molecule has 0 aliphatic heterocycles. The molecule has 5 heteroatoms. The molecule has 42 valence electrons. The first kappa shape index (κ1) is 5.17. The van der Waals surface area contributed by atoms with Gasteiger partial charge in [0.25, 0.3) is 0 Å². The fourth-order valence-electron chi connectivity index (χ4n) is 0.287. The van der Waals surface area contributed by atoms with Crippen LogP contribution < -0.4 is 5.32 Å². The van der Waals surface area contributed by atoms with Gasteiger partial charge in [0.2, 0.25) is 11.5 Å². The van der Waals surface area contributed by atoms with Gasteiger partial charge in [0.1, 0.15) is 6.33 Å². The third kappa shape index (κ3) is 1.00. The third-order valence-corrected chi connectivity index (χ3v) is 1.14. The van der Waals surface area contributed by atoms with Gasteiger partial charge in [-0.05, 0) is 0 Å². The van der Waals surface area contributed by atoms with E-state index in [1.54, 1.807) is 0 Å². The second-order valence-electron chi connectivity index (χ2n) is 1.01. The Morgan fingerprint density at radius 2 is 2.75 bits per heavy atom. The van der Waals surface area contributed by atoms with Gasteiger partial charge in [-0.15, -0.1) is 0 Å². The Morgan fingerprint density at radius 3 is 3.25 bits per heavy atom. The van der Waals surface area contributed by atoms with Crippen molar-refractivity contribution >= 4 is 23.1 Å².